The summed E-state index contributed by atoms with van der Waals surface area (Å²) in [5.74, 6) is 0.908. The fraction of sp³-hybridized carbons (Fsp3) is 0.462. The molecule has 0 aromatic carbocycles. The monoisotopic (exact) mass is 278 g/mol. The van der Waals surface area contributed by atoms with Crippen LogP contribution in [0, 0.1) is 6.92 Å². The number of aromatic nitrogens is 3. The molecule has 0 unspecified atom stereocenters. The fourth-order valence-electron chi connectivity index (χ4n) is 1.76. The predicted molar refractivity (Wildman–Crippen MR) is 77.2 cm³/mol. The van der Waals surface area contributed by atoms with E-state index in [0.29, 0.717) is 11.6 Å². The van der Waals surface area contributed by atoms with Crippen LogP contribution in [0.4, 0.5) is 5.13 Å². The number of aryl methyl sites for hydroxylation is 2. The number of nitrogens with one attached hydrogen (secondary N) is 1. The molecule has 19 heavy (non-hydrogen) atoms. The fourth-order valence-corrected chi connectivity index (χ4v) is 2.78. The molecule has 0 aliphatic heterocycles. The number of thiazole rings is 1. The highest BCUT2D eigenvalue weighted by atomic mass is 32.1. The Labute approximate surface area is 116 Å². The third-order valence-electron chi connectivity index (χ3n) is 2.82. The van der Waals surface area contributed by atoms with Gasteiger partial charge in [0, 0.05) is 25.9 Å². The molecule has 0 saturated carbocycles. The van der Waals surface area contributed by atoms with Gasteiger partial charge in [-0.05, 0) is 13.3 Å². The van der Waals surface area contributed by atoms with Gasteiger partial charge in [0.1, 0.15) is 0 Å². The number of rotatable bonds is 5. The first-order chi connectivity index (χ1) is 9.11. The highest BCUT2D eigenvalue weighted by Gasteiger charge is 2.14. The minimum absolute atomic E-state index is 0.0296. The molecule has 2 rings (SSSR count). The van der Waals surface area contributed by atoms with Gasteiger partial charge in [0.05, 0.1) is 10.6 Å². The van der Waals surface area contributed by atoms with Crippen molar-refractivity contribution < 1.29 is 4.79 Å². The topological polar surface area (TPSA) is 59.8 Å². The van der Waals surface area contributed by atoms with E-state index < -0.39 is 0 Å². The summed E-state index contributed by atoms with van der Waals surface area (Å²) in [6, 6.07) is 0. The van der Waals surface area contributed by atoms with Gasteiger partial charge in [-0.3, -0.25) is 4.79 Å². The van der Waals surface area contributed by atoms with Crippen LogP contribution in [0.5, 0.6) is 0 Å². The van der Waals surface area contributed by atoms with E-state index >= 15 is 0 Å². The standard InChI is InChI=1S/C13H18N4OS/c1-4-5-6-10(18)16-13-15-9(2)11(19-13)12-14-7-8-17(12)3/h7-8H,4-6H2,1-3H3,(H,15,16,18). The number of amides is 1. The van der Waals surface area contributed by atoms with Crippen molar-refractivity contribution in [1.82, 2.24) is 14.5 Å². The Morgan fingerprint density at radius 2 is 2.32 bits per heavy atom. The van der Waals surface area contributed by atoms with Crippen molar-refractivity contribution in [1.29, 1.82) is 0 Å². The molecule has 5 nitrogen and oxygen atoms in total. The van der Waals surface area contributed by atoms with Crippen molar-refractivity contribution >= 4 is 22.4 Å². The van der Waals surface area contributed by atoms with Crippen LogP contribution in [-0.4, -0.2) is 20.4 Å². The van der Waals surface area contributed by atoms with E-state index in [2.05, 4.69) is 22.2 Å². The van der Waals surface area contributed by atoms with Crippen LogP contribution in [0.25, 0.3) is 10.7 Å². The first-order valence-electron chi connectivity index (χ1n) is 6.36. The van der Waals surface area contributed by atoms with Crippen molar-refractivity contribution in [3.05, 3.63) is 18.1 Å². The molecule has 102 valence electrons. The van der Waals surface area contributed by atoms with Gasteiger partial charge in [0.2, 0.25) is 5.91 Å². The highest BCUT2D eigenvalue weighted by Crippen LogP contribution is 2.31. The van der Waals surface area contributed by atoms with Crippen molar-refractivity contribution in [2.75, 3.05) is 5.32 Å². The Hall–Kier alpha value is -1.69. The summed E-state index contributed by atoms with van der Waals surface area (Å²) in [4.78, 5) is 21.4. The number of hydrogen-bond acceptors (Lipinski definition) is 4. The van der Waals surface area contributed by atoms with Gasteiger partial charge >= 0.3 is 0 Å². The first-order valence-corrected chi connectivity index (χ1v) is 7.18. The van der Waals surface area contributed by atoms with Crippen LogP contribution in [0.3, 0.4) is 0 Å². The zero-order valence-corrected chi connectivity index (χ0v) is 12.3. The lowest BCUT2D eigenvalue weighted by Gasteiger charge is -1.99. The Kier molecular flexibility index (Phi) is 4.31. The summed E-state index contributed by atoms with van der Waals surface area (Å²) in [5, 5.41) is 3.50. The molecule has 0 atom stereocenters. The van der Waals surface area contributed by atoms with E-state index in [4.69, 9.17) is 0 Å². The van der Waals surface area contributed by atoms with Gasteiger partial charge in [-0.15, -0.1) is 0 Å². The van der Waals surface area contributed by atoms with E-state index in [1.54, 1.807) is 6.20 Å². The molecule has 0 bridgehead atoms. The average Bonchev–Trinajstić information content (AvgIpc) is 2.93. The molecule has 1 N–H and O–H groups in total. The van der Waals surface area contributed by atoms with Crippen LogP contribution in [0.1, 0.15) is 31.9 Å². The maximum Gasteiger partial charge on any atom is 0.226 e. The van der Waals surface area contributed by atoms with Crippen molar-refractivity contribution in [2.24, 2.45) is 7.05 Å². The summed E-state index contributed by atoms with van der Waals surface area (Å²) in [6.07, 6.45) is 6.13. The first kappa shape index (κ1) is 13.7. The number of unbranched alkanes of at least 4 members (excludes halogenated alkanes) is 1. The van der Waals surface area contributed by atoms with Crippen LogP contribution in [-0.2, 0) is 11.8 Å². The zero-order valence-electron chi connectivity index (χ0n) is 11.4. The molecule has 0 spiro atoms. The lowest BCUT2D eigenvalue weighted by Crippen LogP contribution is -2.10. The summed E-state index contributed by atoms with van der Waals surface area (Å²) < 4.78 is 1.95. The maximum absolute atomic E-state index is 11.7. The summed E-state index contributed by atoms with van der Waals surface area (Å²) in [6.45, 7) is 4.00. The van der Waals surface area contributed by atoms with Gasteiger partial charge in [-0.1, -0.05) is 24.7 Å². The second-order valence-corrected chi connectivity index (χ2v) is 5.45. The van der Waals surface area contributed by atoms with Gasteiger partial charge in [-0.2, -0.15) is 0 Å². The summed E-state index contributed by atoms with van der Waals surface area (Å²) >= 11 is 1.47. The third kappa shape index (κ3) is 3.20. The van der Waals surface area contributed by atoms with Crippen LogP contribution in [0.2, 0.25) is 0 Å². The van der Waals surface area contributed by atoms with Crippen molar-refractivity contribution in [3.8, 4) is 10.7 Å². The van der Waals surface area contributed by atoms with E-state index in [1.807, 2.05) is 24.7 Å². The van der Waals surface area contributed by atoms with Crippen LogP contribution >= 0.6 is 11.3 Å². The minimum atomic E-state index is 0.0296. The molecule has 0 fully saturated rings. The van der Waals surface area contributed by atoms with E-state index in [-0.39, 0.29) is 5.91 Å². The Bertz CT molecular complexity index is 573. The van der Waals surface area contributed by atoms with Gasteiger partial charge in [-0.25, -0.2) is 9.97 Å². The molecule has 0 saturated heterocycles. The molecular weight excluding hydrogens is 260 g/mol. The average molecular weight is 278 g/mol. The lowest BCUT2D eigenvalue weighted by atomic mass is 10.2. The molecule has 2 heterocycles. The molecule has 1 amide bonds. The Balaban J connectivity index is 2.13. The SMILES string of the molecule is CCCCC(=O)Nc1nc(C)c(-c2nccn2C)s1. The zero-order chi connectivity index (χ0) is 13.8. The molecule has 0 radical (unpaired) electrons. The highest BCUT2D eigenvalue weighted by molar-refractivity contribution is 7.19. The number of hydrogen-bond donors (Lipinski definition) is 1. The molecule has 0 aliphatic rings. The number of imidazole rings is 1. The summed E-state index contributed by atoms with van der Waals surface area (Å²) in [7, 11) is 1.95. The number of carbonyl (C=O) groups excluding carboxylic acids is 1. The second-order valence-electron chi connectivity index (χ2n) is 4.45. The van der Waals surface area contributed by atoms with Gasteiger partial charge in [0.15, 0.2) is 11.0 Å². The van der Waals surface area contributed by atoms with E-state index in [0.717, 1.165) is 29.2 Å². The summed E-state index contributed by atoms with van der Waals surface area (Å²) in [5.41, 5.74) is 0.894. The number of nitrogens with zero attached hydrogens (tertiary/aromatic N) is 3. The van der Waals surface area contributed by atoms with Crippen LogP contribution in [0.15, 0.2) is 12.4 Å². The van der Waals surface area contributed by atoms with Gasteiger partial charge in [0.25, 0.3) is 0 Å². The quantitative estimate of drug-likeness (QED) is 0.914. The molecule has 2 aromatic rings. The third-order valence-corrected chi connectivity index (χ3v) is 3.89. The number of carbonyl (C=O) groups is 1. The Morgan fingerprint density at radius 3 is 2.95 bits per heavy atom. The van der Waals surface area contributed by atoms with Gasteiger partial charge < -0.3 is 9.88 Å². The van der Waals surface area contributed by atoms with Crippen molar-refractivity contribution in [2.45, 2.75) is 33.1 Å². The molecule has 2 aromatic heterocycles. The van der Waals surface area contributed by atoms with Crippen molar-refractivity contribution in [3.63, 3.8) is 0 Å². The Morgan fingerprint density at radius 1 is 1.53 bits per heavy atom. The number of anilines is 1. The van der Waals surface area contributed by atoms with Crippen LogP contribution < -0.4 is 5.32 Å². The van der Waals surface area contributed by atoms with E-state index in [1.165, 1.54) is 11.3 Å². The normalized spacial score (nSPS) is 10.7. The smallest absolute Gasteiger partial charge is 0.226 e. The molecule has 0 aliphatic carbocycles. The second kappa shape index (κ2) is 5.97. The maximum atomic E-state index is 11.7. The molecular formula is C13H18N4OS. The molecule has 6 heteroatoms. The largest absolute Gasteiger partial charge is 0.333 e. The lowest BCUT2D eigenvalue weighted by molar-refractivity contribution is -0.116. The minimum Gasteiger partial charge on any atom is -0.333 e. The van der Waals surface area contributed by atoms with E-state index in [9.17, 15) is 4.79 Å². The predicted octanol–water partition coefficient (Wildman–Crippen LogP) is 2.98.